The number of carbonyl (C=O) groups excluding carboxylic acids is 1. The molecule has 4 heteroatoms. The number of anilines is 1. The Kier molecular flexibility index (Phi) is 4.01. The van der Waals surface area contributed by atoms with Gasteiger partial charge in [-0.3, -0.25) is 4.79 Å². The smallest absolute Gasteiger partial charge is 0.228 e. The summed E-state index contributed by atoms with van der Waals surface area (Å²) in [4.78, 5) is 19.3. The van der Waals surface area contributed by atoms with Crippen molar-refractivity contribution < 1.29 is 4.79 Å². The minimum atomic E-state index is -0.0189. The van der Waals surface area contributed by atoms with Crippen LogP contribution in [0.25, 0.3) is 11.4 Å². The summed E-state index contributed by atoms with van der Waals surface area (Å²) >= 11 is 0. The van der Waals surface area contributed by atoms with Crippen LogP contribution < -0.4 is 5.32 Å². The zero-order valence-electron chi connectivity index (χ0n) is 12.3. The normalized spacial score (nSPS) is 10.4. The van der Waals surface area contributed by atoms with E-state index in [-0.39, 0.29) is 5.91 Å². The highest BCUT2D eigenvalue weighted by Gasteiger charge is 2.05. The van der Waals surface area contributed by atoms with Crippen molar-refractivity contribution in [3.05, 3.63) is 72.1 Å². The lowest BCUT2D eigenvalue weighted by Gasteiger charge is -2.06. The number of hydrogen-bond acceptors (Lipinski definition) is 2. The van der Waals surface area contributed by atoms with E-state index in [1.54, 1.807) is 12.4 Å². The van der Waals surface area contributed by atoms with Gasteiger partial charge in [0.1, 0.15) is 5.82 Å². The van der Waals surface area contributed by atoms with Crippen LogP contribution in [0, 0.1) is 6.92 Å². The molecular weight excluding hydrogens is 274 g/mol. The molecule has 22 heavy (non-hydrogen) atoms. The summed E-state index contributed by atoms with van der Waals surface area (Å²) in [7, 11) is 0. The number of rotatable bonds is 4. The number of hydrogen-bond donors (Lipinski definition) is 2. The van der Waals surface area contributed by atoms with E-state index in [1.807, 2.05) is 55.5 Å². The van der Waals surface area contributed by atoms with Crippen molar-refractivity contribution in [2.24, 2.45) is 0 Å². The van der Waals surface area contributed by atoms with Gasteiger partial charge in [0.2, 0.25) is 5.91 Å². The van der Waals surface area contributed by atoms with Crippen LogP contribution in [0.1, 0.15) is 11.1 Å². The van der Waals surface area contributed by atoms with Crippen LogP contribution in [0.5, 0.6) is 0 Å². The number of nitrogens with zero attached hydrogens (tertiary/aromatic N) is 1. The molecular formula is C18H17N3O. The molecule has 0 atom stereocenters. The van der Waals surface area contributed by atoms with Gasteiger partial charge in [-0.1, -0.05) is 29.8 Å². The SMILES string of the molecule is Cc1ccc(CC(=O)Nc2ccc(-c3ncc[nH]3)cc2)cc1. The Morgan fingerprint density at radius 1 is 1.09 bits per heavy atom. The summed E-state index contributed by atoms with van der Waals surface area (Å²) in [5, 5.41) is 2.91. The van der Waals surface area contributed by atoms with E-state index in [4.69, 9.17) is 0 Å². The predicted octanol–water partition coefficient (Wildman–Crippen LogP) is 3.57. The summed E-state index contributed by atoms with van der Waals surface area (Å²) in [6.45, 7) is 2.03. The number of aromatic nitrogens is 2. The van der Waals surface area contributed by atoms with Crippen LogP contribution in [0.4, 0.5) is 5.69 Å². The number of amides is 1. The third kappa shape index (κ3) is 3.41. The number of benzene rings is 2. The summed E-state index contributed by atoms with van der Waals surface area (Å²) in [6, 6.07) is 15.6. The molecule has 0 bridgehead atoms. The van der Waals surface area contributed by atoms with Crippen molar-refractivity contribution >= 4 is 11.6 Å². The van der Waals surface area contributed by atoms with Crippen molar-refractivity contribution in [3.63, 3.8) is 0 Å². The fourth-order valence-corrected chi connectivity index (χ4v) is 2.23. The maximum Gasteiger partial charge on any atom is 0.228 e. The zero-order valence-corrected chi connectivity index (χ0v) is 12.3. The van der Waals surface area contributed by atoms with Crippen molar-refractivity contribution in [1.29, 1.82) is 0 Å². The standard InChI is InChI=1S/C18H17N3O/c1-13-2-4-14(5-3-13)12-17(22)21-16-8-6-15(7-9-16)18-19-10-11-20-18/h2-11H,12H2,1H3,(H,19,20)(H,21,22). The van der Waals surface area contributed by atoms with E-state index in [0.29, 0.717) is 6.42 Å². The van der Waals surface area contributed by atoms with Crippen molar-refractivity contribution in [2.45, 2.75) is 13.3 Å². The third-order valence-electron chi connectivity index (χ3n) is 3.43. The first-order valence-electron chi connectivity index (χ1n) is 7.16. The van der Waals surface area contributed by atoms with E-state index in [0.717, 1.165) is 22.6 Å². The van der Waals surface area contributed by atoms with Gasteiger partial charge in [-0.05, 0) is 36.8 Å². The van der Waals surface area contributed by atoms with Gasteiger partial charge in [0.05, 0.1) is 6.42 Å². The molecule has 3 rings (SSSR count). The number of nitrogens with one attached hydrogen (secondary N) is 2. The minimum absolute atomic E-state index is 0.0189. The van der Waals surface area contributed by atoms with Crippen LogP contribution >= 0.6 is 0 Å². The molecule has 0 unspecified atom stereocenters. The number of carbonyl (C=O) groups is 1. The molecule has 0 spiro atoms. The van der Waals surface area contributed by atoms with Gasteiger partial charge in [-0.2, -0.15) is 0 Å². The molecule has 1 aromatic heterocycles. The van der Waals surface area contributed by atoms with Gasteiger partial charge >= 0.3 is 0 Å². The molecule has 2 aromatic carbocycles. The lowest BCUT2D eigenvalue weighted by atomic mass is 10.1. The van der Waals surface area contributed by atoms with E-state index in [9.17, 15) is 4.79 Å². The molecule has 2 N–H and O–H groups in total. The van der Waals surface area contributed by atoms with E-state index < -0.39 is 0 Å². The molecule has 0 saturated carbocycles. The van der Waals surface area contributed by atoms with Gasteiger partial charge in [0.15, 0.2) is 0 Å². The Hall–Kier alpha value is -2.88. The predicted molar refractivity (Wildman–Crippen MR) is 87.5 cm³/mol. The Balaban J connectivity index is 1.63. The first-order valence-corrected chi connectivity index (χ1v) is 7.16. The van der Waals surface area contributed by atoms with E-state index in [2.05, 4.69) is 15.3 Å². The quantitative estimate of drug-likeness (QED) is 0.772. The Morgan fingerprint density at radius 3 is 2.45 bits per heavy atom. The summed E-state index contributed by atoms with van der Waals surface area (Å²) < 4.78 is 0. The molecule has 0 radical (unpaired) electrons. The van der Waals surface area contributed by atoms with Gasteiger partial charge < -0.3 is 10.3 Å². The maximum atomic E-state index is 12.1. The lowest BCUT2D eigenvalue weighted by molar-refractivity contribution is -0.115. The molecule has 1 heterocycles. The van der Waals surface area contributed by atoms with Gasteiger partial charge in [-0.15, -0.1) is 0 Å². The van der Waals surface area contributed by atoms with Crippen LogP contribution in [0.15, 0.2) is 60.9 Å². The molecule has 0 aliphatic heterocycles. The highest BCUT2D eigenvalue weighted by Crippen LogP contribution is 2.17. The topological polar surface area (TPSA) is 57.8 Å². The van der Waals surface area contributed by atoms with Gasteiger partial charge in [0, 0.05) is 23.6 Å². The highest BCUT2D eigenvalue weighted by atomic mass is 16.1. The Bertz CT molecular complexity index is 744. The first kappa shape index (κ1) is 14.1. The van der Waals surface area contributed by atoms with Crippen molar-refractivity contribution in [1.82, 2.24) is 9.97 Å². The van der Waals surface area contributed by atoms with Crippen molar-refractivity contribution in [3.8, 4) is 11.4 Å². The second-order valence-corrected chi connectivity index (χ2v) is 5.23. The fourth-order valence-electron chi connectivity index (χ4n) is 2.23. The molecule has 4 nitrogen and oxygen atoms in total. The fraction of sp³-hybridized carbons (Fsp3) is 0.111. The lowest BCUT2D eigenvalue weighted by Crippen LogP contribution is -2.14. The molecule has 0 fully saturated rings. The molecule has 1 amide bonds. The second-order valence-electron chi connectivity index (χ2n) is 5.23. The molecule has 0 saturated heterocycles. The zero-order chi connectivity index (χ0) is 15.4. The van der Waals surface area contributed by atoms with Crippen LogP contribution in [-0.4, -0.2) is 15.9 Å². The molecule has 0 aliphatic carbocycles. The molecule has 0 aliphatic rings. The average Bonchev–Trinajstić information content (AvgIpc) is 3.05. The third-order valence-corrected chi connectivity index (χ3v) is 3.43. The largest absolute Gasteiger partial charge is 0.345 e. The summed E-state index contributed by atoms with van der Waals surface area (Å²) in [5.74, 6) is 0.798. The second kappa shape index (κ2) is 6.26. The number of imidazole rings is 1. The number of aromatic amines is 1. The highest BCUT2D eigenvalue weighted by molar-refractivity contribution is 5.92. The minimum Gasteiger partial charge on any atom is -0.345 e. The van der Waals surface area contributed by atoms with Crippen LogP contribution in [-0.2, 0) is 11.2 Å². The van der Waals surface area contributed by atoms with Crippen LogP contribution in [0.3, 0.4) is 0 Å². The Morgan fingerprint density at radius 2 is 1.82 bits per heavy atom. The van der Waals surface area contributed by atoms with Gasteiger partial charge in [-0.25, -0.2) is 4.98 Å². The number of aryl methyl sites for hydroxylation is 1. The van der Waals surface area contributed by atoms with E-state index >= 15 is 0 Å². The summed E-state index contributed by atoms with van der Waals surface area (Å²) in [6.07, 6.45) is 3.87. The van der Waals surface area contributed by atoms with Gasteiger partial charge in [0.25, 0.3) is 0 Å². The maximum absolute atomic E-state index is 12.1. The number of H-pyrrole nitrogens is 1. The van der Waals surface area contributed by atoms with Crippen LogP contribution in [0.2, 0.25) is 0 Å². The van der Waals surface area contributed by atoms with E-state index in [1.165, 1.54) is 5.56 Å². The first-order chi connectivity index (χ1) is 10.7. The van der Waals surface area contributed by atoms with Crippen molar-refractivity contribution in [2.75, 3.05) is 5.32 Å². The Labute approximate surface area is 129 Å². The average molecular weight is 291 g/mol. The summed E-state index contributed by atoms with van der Waals surface area (Å²) in [5.41, 5.74) is 3.97. The molecule has 110 valence electrons. The molecule has 3 aromatic rings. The monoisotopic (exact) mass is 291 g/mol.